The zero-order valence-corrected chi connectivity index (χ0v) is 18.2. The third kappa shape index (κ3) is 5.72. The molecule has 2 nitrogen and oxygen atoms in total. The van der Waals surface area contributed by atoms with E-state index in [-0.39, 0.29) is 12.1 Å². The molecule has 1 atom stereocenters. The molecule has 3 rings (SSSR count). The number of carbonyl (C=O) groups excluding carboxylic acids is 1. The number of aryl methyl sites for hydroxylation is 1. The van der Waals surface area contributed by atoms with E-state index in [1.165, 1.54) is 66.8 Å². The maximum atomic E-state index is 12.2. The zero-order chi connectivity index (χ0) is 20.5. The second kappa shape index (κ2) is 11.2. The molecule has 1 unspecified atom stereocenters. The van der Waals surface area contributed by atoms with Crippen molar-refractivity contribution in [2.45, 2.75) is 90.6 Å². The number of benzene rings is 2. The smallest absolute Gasteiger partial charge is 0.306 e. The molecule has 1 aliphatic rings. The van der Waals surface area contributed by atoms with Crippen molar-refractivity contribution in [1.82, 2.24) is 0 Å². The third-order valence-electron chi connectivity index (χ3n) is 6.00. The second-order valence-corrected chi connectivity index (χ2v) is 8.33. The Morgan fingerprint density at radius 1 is 0.897 bits per heavy atom. The minimum absolute atomic E-state index is 0.0961. The molecule has 0 spiro atoms. The van der Waals surface area contributed by atoms with Gasteiger partial charge in [0.1, 0.15) is 6.10 Å². The lowest BCUT2D eigenvalue weighted by Gasteiger charge is -2.23. The van der Waals surface area contributed by atoms with E-state index < -0.39 is 0 Å². The van der Waals surface area contributed by atoms with Gasteiger partial charge in [0, 0.05) is 12.0 Å². The lowest BCUT2D eigenvalue weighted by atomic mass is 9.87. The molecule has 1 aliphatic carbocycles. The number of esters is 1. The highest BCUT2D eigenvalue weighted by Crippen LogP contribution is 2.37. The number of hydrogen-bond acceptors (Lipinski definition) is 2. The van der Waals surface area contributed by atoms with Gasteiger partial charge < -0.3 is 4.74 Å². The van der Waals surface area contributed by atoms with Crippen molar-refractivity contribution in [2.75, 3.05) is 0 Å². The molecule has 0 saturated carbocycles. The van der Waals surface area contributed by atoms with Crippen molar-refractivity contribution in [2.24, 2.45) is 0 Å². The van der Waals surface area contributed by atoms with Gasteiger partial charge in [-0.2, -0.15) is 0 Å². The molecule has 2 aromatic carbocycles. The van der Waals surface area contributed by atoms with Crippen molar-refractivity contribution < 1.29 is 9.53 Å². The molecule has 0 aliphatic heterocycles. The van der Waals surface area contributed by atoms with Crippen molar-refractivity contribution in [3.8, 4) is 0 Å². The number of rotatable bonds is 12. The van der Waals surface area contributed by atoms with Crippen LogP contribution < -0.4 is 0 Å². The number of carbonyl (C=O) groups is 1. The molecular formula is C27H36O2. The molecule has 0 heterocycles. The van der Waals surface area contributed by atoms with Gasteiger partial charge in [-0.1, -0.05) is 95.2 Å². The van der Waals surface area contributed by atoms with Gasteiger partial charge >= 0.3 is 5.97 Å². The summed E-state index contributed by atoms with van der Waals surface area (Å²) in [4.78, 5) is 12.2. The predicted molar refractivity (Wildman–Crippen MR) is 123 cm³/mol. The van der Waals surface area contributed by atoms with E-state index in [1.54, 1.807) is 0 Å². The maximum Gasteiger partial charge on any atom is 0.306 e. The monoisotopic (exact) mass is 392 g/mol. The number of ether oxygens (including phenoxy) is 1. The van der Waals surface area contributed by atoms with Crippen LogP contribution in [0.3, 0.4) is 0 Å². The average molecular weight is 393 g/mol. The molecule has 0 N–H and O–H groups in total. The molecule has 0 aromatic heterocycles. The normalized spacial score (nSPS) is 15.0. The summed E-state index contributed by atoms with van der Waals surface area (Å²) in [6.07, 6.45) is 16.8. The molecule has 2 aromatic rings. The van der Waals surface area contributed by atoms with Crippen LogP contribution >= 0.6 is 0 Å². The Balaban J connectivity index is 1.69. The van der Waals surface area contributed by atoms with Crippen LogP contribution in [-0.2, 0) is 16.0 Å². The minimum Gasteiger partial charge on any atom is -0.453 e. The molecule has 29 heavy (non-hydrogen) atoms. The highest BCUT2D eigenvalue weighted by atomic mass is 16.5. The topological polar surface area (TPSA) is 26.3 Å². The van der Waals surface area contributed by atoms with Crippen LogP contribution in [0.2, 0.25) is 0 Å². The van der Waals surface area contributed by atoms with Crippen LogP contribution in [0.5, 0.6) is 0 Å². The summed E-state index contributed by atoms with van der Waals surface area (Å²) < 4.78 is 5.80. The van der Waals surface area contributed by atoms with Gasteiger partial charge in [0.05, 0.1) is 0 Å². The minimum atomic E-state index is -0.260. The van der Waals surface area contributed by atoms with Crippen LogP contribution in [0.25, 0.3) is 16.8 Å². The first-order chi connectivity index (χ1) is 14.2. The fourth-order valence-electron chi connectivity index (χ4n) is 4.31. The van der Waals surface area contributed by atoms with Crippen LogP contribution in [0, 0.1) is 0 Å². The molecular weight excluding hydrogens is 356 g/mol. The van der Waals surface area contributed by atoms with Crippen LogP contribution in [0.4, 0.5) is 0 Å². The van der Waals surface area contributed by atoms with E-state index >= 15 is 0 Å². The van der Waals surface area contributed by atoms with Gasteiger partial charge in [-0.3, -0.25) is 4.79 Å². The van der Waals surface area contributed by atoms with Crippen LogP contribution in [0.1, 0.15) is 101 Å². The highest BCUT2D eigenvalue weighted by molar-refractivity contribution is 5.97. The maximum absolute atomic E-state index is 12.2. The van der Waals surface area contributed by atoms with Crippen molar-refractivity contribution in [3.05, 3.63) is 53.1 Å². The van der Waals surface area contributed by atoms with Gasteiger partial charge in [-0.15, -0.1) is 0 Å². The summed E-state index contributed by atoms with van der Waals surface area (Å²) in [5, 5.41) is 2.50. The van der Waals surface area contributed by atoms with Crippen LogP contribution in [-0.4, -0.2) is 5.97 Å². The molecule has 0 saturated heterocycles. The van der Waals surface area contributed by atoms with Gasteiger partial charge in [-0.05, 0) is 47.2 Å². The van der Waals surface area contributed by atoms with Gasteiger partial charge in [-0.25, -0.2) is 0 Å². The van der Waals surface area contributed by atoms with E-state index in [9.17, 15) is 4.79 Å². The molecule has 156 valence electrons. The fraction of sp³-hybridized carbons (Fsp3) is 0.519. The lowest BCUT2D eigenvalue weighted by Crippen LogP contribution is -2.12. The Kier molecular flexibility index (Phi) is 8.34. The Bertz CT molecular complexity index is 834. The molecule has 2 heteroatoms. The predicted octanol–water partition coefficient (Wildman–Crippen LogP) is 7.93. The van der Waals surface area contributed by atoms with E-state index in [4.69, 9.17) is 4.74 Å². The Morgan fingerprint density at radius 3 is 2.45 bits per heavy atom. The fourth-order valence-corrected chi connectivity index (χ4v) is 4.31. The Labute approximate surface area is 176 Å². The molecule has 0 radical (unpaired) electrons. The summed E-state index contributed by atoms with van der Waals surface area (Å²) in [6, 6.07) is 10.9. The molecule has 0 amide bonds. The molecule has 0 bridgehead atoms. The standard InChI is InChI=1S/C27H36O2/c1-3-5-7-8-9-10-11-13-21-17-18-22-14-12-15-24-25(20-19-23(21)27(22)24)29-26(28)16-6-4-2/h12,14-15,17-20,25H,3-11,13,16H2,1-2H3. The Morgan fingerprint density at radius 2 is 1.66 bits per heavy atom. The van der Waals surface area contributed by atoms with Crippen molar-refractivity contribution in [3.63, 3.8) is 0 Å². The summed E-state index contributed by atoms with van der Waals surface area (Å²) in [5.41, 5.74) is 3.88. The van der Waals surface area contributed by atoms with Crippen molar-refractivity contribution >= 4 is 22.8 Å². The first-order valence-corrected chi connectivity index (χ1v) is 11.7. The lowest BCUT2D eigenvalue weighted by molar-refractivity contribution is -0.147. The largest absolute Gasteiger partial charge is 0.453 e. The first kappa shape index (κ1) is 21.6. The number of hydrogen-bond donors (Lipinski definition) is 0. The third-order valence-corrected chi connectivity index (χ3v) is 6.00. The number of unbranched alkanes of at least 4 members (excludes halogenated alkanes) is 7. The molecule has 0 fully saturated rings. The zero-order valence-electron chi connectivity index (χ0n) is 18.2. The van der Waals surface area contributed by atoms with E-state index in [0.29, 0.717) is 6.42 Å². The summed E-state index contributed by atoms with van der Waals surface area (Å²) >= 11 is 0. The van der Waals surface area contributed by atoms with Gasteiger partial charge in [0.2, 0.25) is 0 Å². The second-order valence-electron chi connectivity index (χ2n) is 8.33. The van der Waals surface area contributed by atoms with Gasteiger partial charge in [0.25, 0.3) is 0 Å². The van der Waals surface area contributed by atoms with E-state index in [0.717, 1.165) is 24.8 Å². The van der Waals surface area contributed by atoms with Crippen LogP contribution in [0.15, 0.2) is 36.4 Å². The summed E-state index contributed by atoms with van der Waals surface area (Å²) in [7, 11) is 0. The highest BCUT2D eigenvalue weighted by Gasteiger charge is 2.22. The quantitative estimate of drug-likeness (QED) is 0.271. The van der Waals surface area contributed by atoms with Gasteiger partial charge in [0.15, 0.2) is 0 Å². The SMILES string of the molecule is CCCCCCCCCc1ccc2cccc3c2c1C=CC3OC(=O)CCCC. The summed E-state index contributed by atoms with van der Waals surface area (Å²) in [5.74, 6) is -0.0961. The average Bonchev–Trinajstić information content (AvgIpc) is 2.74. The first-order valence-electron chi connectivity index (χ1n) is 11.7. The van der Waals surface area contributed by atoms with E-state index in [2.05, 4.69) is 56.3 Å². The Hall–Kier alpha value is -2.09. The summed E-state index contributed by atoms with van der Waals surface area (Å²) in [6.45, 7) is 4.36. The van der Waals surface area contributed by atoms with Crippen molar-refractivity contribution in [1.29, 1.82) is 0 Å². The van der Waals surface area contributed by atoms with E-state index in [1.807, 2.05) is 0 Å².